The molecular formula is C16H24FN. The Labute approximate surface area is 110 Å². The van der Waals surface area contributed by atoms with Crippen LogP contribution in [-0.2, 0) is 0 Å². The average molecular weight is 249 g/mol. The van der Waals surface area contributed by atoms with Gasteiger partial charge in [-0.15, -0.1) is 0 Å². The van der Waals surface area contributed by atoms with Crippen molar-refractivity contribution in [3.05, 3.63) is 40.7 Å². The molecule has 2 heteroatoms. The van der Waals surface area contributed by atoms with Gasteiger partial charge in [-0.1, -0.05) is 38.5 Å². The van der Waals surface area contributed by atoms with Gasteiger partial charge in [-0.2, -0.15) is 0 Å². The SMILES string of the molecule is CCC(=Cc1ccc(F)cc1C)CNCC(C)C. The van der Waals surface area contributed by atoms with Crippen molar-refractivity contribution in [3.63, 3.8) is 0 Å². The van der Waals surface area contributed by atoms with Gasteiger partial charge in [-0.05, 0) is 49.1 Å². The number of hydrogen-bond donors (Lipinski definition) is 1. The van der Waals surface area contributed by atoms with E-state index in [1.807, 2.05) is 13.0 Å². The van der Waals surface area contributed by atoms with Crippen LogP contribution in [0.5, 0.6) is 0 Å². The molecule has 1 nitrogen and oxygen atoms in total. The van der Waals surface area contributed by atoms with Crippen molar-refractivity contribution in [1.29, 1.82) is 0 Å². The molecule has 1 rings (SSSR count). The van der Waals surface area contributed by atoms with Crippen molar-refractivity contribution in [3.8, 4) is 0 Å². The summed E-state index contributed by atoms with van der Waals surface area (Å²) in [5.41, 5.74) is 3.45. The quantitative estimate of drug-likeness (QED) is 0.797. The molecule has 0 unspecified atom stereocenters. The number of aryl methyl sites for hydroxylation is 1. The molecule has 0 radical (unpaired) electrons. The summed E-state index contributed by atoms with van der Waals surface area (Å²) in [6.45, 7) is 10.4. The Kier molecular flexibility index (Phi) is 6.06. The fourth-order valence-electron chi connectivity index (χ4n) is 1.82. The first-order valence-corrected chi connectivity index (χ1v) is 6.69. The van der Waals surface area contributed by atoms with E-state index in [9.17, 15) is 4.39 Å². The van der Waals surface area contributed by atoms with Gasteiger partial charge >= 0.3 is 0 Å². The molecule has 1 aromatic rings. The topological polar surface area (TPSA) is 12.0 Å². The van der Waals surface area contributed by atoms with Gasteiger partial charge < -0.3 is 5.32 Å². The third-order valence-electron chi connectivity index (χ3n) is 2.95. The van der Waals surface area contributed by atoms with Gasteiger partial charge in [0.2, 0.25) is 0 Å². The summed E-state index contributed by atoms with van der Waals surface area (Å²) >= 11 is 0. The van der Waals surface area contributed by atoms with E-state index in [4.69, 9.17) is 0 Å². The van der Waals surface area contributed by atoms with Gasteiger partial charge in [0.05, 0.1) is 0 Å². The van der Waals surface area contributed by atoms with Crippen molar-refractivity contribution < 1.29 is 4.39 Å². The van der Waals surface area contributed by atoms with Crippen LogP contribution < -0.4 is 5.32 Å². The smallest absolute Gasteiger partial charge is 0.123 e. The summed E-state index contributed by atoms with van der Waals surface area (Å²) in [6.07, 6.45) is 3.18. The fourth-order valence-corrected chi connectivity index (χ4v) is 1.82. The van der Waals surface area contributed by atoms with E-state index in [1.54, 1.807) is 6.07 Å². The molecule has 18 heavy (non-hydrogen) atoms. The van der Waals surface area contributed by atoms with E-state index < -0.39 is 0 Å². The van der Waals surface area contributed by atoms with Crippen LogP contribution in [0.25, 0.3) is 6.08 Å². The standard InChI is InChI=1S/C16H24FN/c1-5-14(11-18-10-12(2)3)9-15-6-7-16(17)8-13(15)4/h6-9,12,18H,5,10-11H2,1-4H3. The number of hydrogen-bond acceptors (Lipinski definition) is 1. The lowest BCUT2D eigenvalue weighted by molar-refractivity contribution is 0.569. The molecule has 0 aliphatic rings. The van der Waals surface area contributed by atoms with Crippen LogP contribution in [0.1, 0.15) is 38.3 Å². The van der Waals surface area contributed by atoms with Crippen molar-refractivity contribution in [2.45, 2.75) is 34.1 Å². The molecule has 0 saturated carbocycles. The van der Waals surface area contributed by atoms with Gasteiger partial charge in [0.1, 0.15) is 5.82 Å². The first kappa shape index (κ1) is 14.9. The number of rotatable bonds is 6. The van der Waals surface area contributed by atoms with E-state index >= 15 is 0 Å². The lowest BCUT2D eigenvalue weighted by Crippen LogP contribution is -2.21. The van der Waals surface area contributed by atoms with E-state index in [0.717, 1.165) is 30.6 Å². The minimum Gasteiger partial charge on any atom is -0.313 e. The van der Waals surface area contributed by atoms with Crippen molar-refractivity contribution in [2.75, 3.05) is 13.1 Å². The molecule has 0 spiro atoms. The molecule has 1 N–H and O–H groups in total. The van der Waals surface area contributed by atoms with Crippen molar-refractivity contribution in [2.24, 2.45) is 5.92 Å². The van der Waals surface area contributed by atoms with E-state index in [0.29, 0.717) is 5.92 Å². The number of nitrogens with one attached hydrogen (secondary N) is 1. The van der Waals surface area contributed by atoms with Gasteiger partial charge in [0.25, 0.3) is 0 Å². The van der Waals surface area contributed by atoms with E-state index in [-0.39, 0.29) is 5.82 Å². The van der Waals surface area contributed by atoms with Crippen molar-refractivity contribution >= 4 is 6.08 Å². The molecule has 0 fully saturated rings. The van der Waals surface area contributed by atoms with Crippen LogP contribution in [0.3, 0.4) is 0 Å². The molecule has 0 aliphatic heterocycles. The summed E-state index contributed by atoms with van der Waals surface area (Å²) in [6, 6.07) is 4.96. The second-order valence-electron chi connectivity index (χ2n) is 5.18. The van der Waals surface area contributed by atoms with Gasteiger partial charge in [-0.25, -0.2) is 4.39 Å². The summed E-state index contributed by atoms with van der Waals surface area (Å²) < 4.78 is 13.0. The molecule has 0 bridgehead atoms. The molecule has 0 amide bonds. The van der Waals surface area contributed by atoms with Crippen LogP contribution in [-0.4, -0.2) is 13.1 Å². The van der Waals surface area contributed by atoms with E-state index in [1.165, 1.54) is 11.6 Å². The predicted molar refractivity (Wildman–Crippen MR) is 77.1 cm³/mol. The first-order chi connectivity index (χ1) is 8.52. The highest BCUT2D eigenvalue weighted by molar-refractivity contribution is 5.56. The Morgan fingerprint density at radius 3 is 2.67 bits per heavy atom. The first-order valence-electron chi connectivity index (χ1n) is 6.69. The van der Waals surface area contributed by atoms with Crippen LogP contribution in [0.4, 0.5) is 4.39 Å². The molecule has 0 heterocycles. The third-order valence-corrected chi connectivity index (χ3v) is 2.95. The Bertz CT molecular complexity index is 408. The summed E-state index contributed by atoms with van der Waals surface area (Å²) in [4.78, 5) is 0. The van der Waals surface area contributed by atoms with Crippen LogP contribution in [0.15, 0.2) is 23.8 Å². The average Bonchev–Trinajstić information content (AvgIpc) is 2.30. The maximum Gasteiger partial charge on any atom is 0.123 e. The maximum absolute atomic E-state index is 13.0. The zero-order valence-electron chi connectivity index (χ0n) is 11.9. The zero-order chi connectivity index (χ0) is 13.5. The highest BCUT2D eigenvalue weighted by atomic mass is 19.1. The second kappa shape index (κ2) is 7.32. The summed E-state index contributed by atoms with van der Waals surface area (Å²) in [5.74, 6) is 0.497. The minimum atomic E-state index is -0.166. The lowest BCUT2D eigenvalue weighted by atomic mass is 10.0. The Morgan fingerprint density at radius 2 is 2.11 bits per heavy atom. The van der Waals surface area contributed by atoms with Gasteiger partial charge in [0, 0.05) is 6.54 Å². The third kappa shape index (κ3) is 5.01. The summed E-state index contributed by atoms with van der Waals surface area (Å²) in [7, 11) is 0. The molecule has 1 aromatic carbocycles. The number of halogens is 1. The molecular weight excluding hydrogens is 225 g/mol. The van der Waals surface area contributed by atoms with E-state index in [2.05, 4.69) is 32.2 Å². The Morgan fingerprint density at radius 1 is 1.39 bits per heavy atom. The lowest BCUT2D eigenvalue weighted by Gasteiger charge is -2.10. The Hall–Kier alpha value is -1.15. The van der Waals surface area contributed by atoms with Gasteiger partial charge in [-0.3, -0.25) is 0 Å². The van der Waals surface area contributed by atoms with Crippen LogP contribution in [0.2, 0.25) is 0 Å². The monoisotopic (exact) mass is 249 g/mol. The number of benzene rings is 1. The van der Waals surface area contributed by atoms with Gasteiger partial charge in [0.15, 0.2) is 0 Å². The minimum absolute atomic E-state index is 0.166. The molecule has 0 atom stereocenters. The molecule has 0 aliphatic carbocycles. The fraction of sp³-hybridized carbons (Fsp3) is 0.500. The highest BCUT2D eigenvalue weighted by Crippen LogP contribution is 2.15. The second-order valence-corrected chi connectivity index (χ2v) is 5.18. The largest absolute Gasteiger partial charge is 0.313 e. The highest BCUT2D eigenvalue weighted by Gasteiger charge is 2.01. The molecule has 0 aromatic heterocycles. The molecule has 0 saturated heterocycles. The predicted octanol–water partition coefficient (Wildman–Crippen LogP) is 4.17. The molecule has 100 valence electrons. The summed E-state index contributed by atoms with van der Waals surface area (Å²) in [5, 5.41) is 3.44. The van der Waals surface area contributed by atoms with Crippen LogP contribution >= 0.6 is 0 Å². The normalized spacial score (nSPS) is 12.2. The maximum atomic E-state index is 13.0. The zero-order valence-corrected chi connectivity index (χ0v) is 11.9. The van der Waals surface area contributed by atoms with Crippen LogP contribution in [0, 0.1) is 18.7 Å². The van der Waals surface area contributed by atoms with Crippen molar-refractivity contribution in [1.82, 2.24) is 5.32 Å². The Balaban J connectivity index is 2.71.